The number of rotatable bonds is 3. The molecule has 1 heterocycles. The Bertz CT molecular complexity index is 883. The van der Waals surface area contributed by atoms with Crippen molar-refractivity contribution < 1.29 is 19.6 Å². The summed E-state index contributed by atoms with van der Waals surface area (Å²) in [7, 11) is 0. The minimum Gasteiger partial charge on any atom is -0.508 e. The van der Waals surface area contributed by atoms with Gasteiger partial charge in [-0.15, -0.1) is 0 Å². The van der Waals surface area contributed by atoms with Crippen LogP contribution < -0.4 is 4.74 Å². The van der Waals surface area contributed by atoms with Crippen molar-refractivity contribution >= 4 is 17.5 Å². The Morgan fingerprint density at radius 1 is 1.21 bits per heavy atom. The Hall–Kier alpha value is -3.15. The number of ketones is 1. The molecule has 0 saturated heterocycles. The van der Waals surface area contributed by atoms with Crippen molar-refractivity contribution in [2.24, 2.45) is 0 Å². The summed E-state index contributed by atoms with van der Waals surface area (Å²) >= 11 is 0. The highest BCUT2D eigenvalue weighted by Crippen LogP contribution is 2.35. The number of fused-ring (bicyclic) bond motifs is 1. The van der Waals surface area contributed by atoms with Crippen LogP contribution in [0, 0.1) is 10.1 Å². The van der Waals surface area contributed by atoms with E-state index in [1.807, 2.05) is 13.8 Å². The molecule has 0 radical (unpaired) electrons. The highest BCUT2D eigenvalue weighted by atomic mass is 16.6. The molecule has 3 rings (SSSR count). The van der Waals surface area contributed by atoms with Gasteiger partial charge in [-0.3, -0.25) is 14.9 Å². The van der Waals surface area contributed by atoms with Gasteiger partial charge in [0.25, 0.3) is 5.69 Å². The predicted octanol–water partition coefficient (Wildman–Crippen LogP) is 4.04. The molecule has 1 aliphatic heterocycles. The number of phenols is 1. The van der Waals surface area contributed by atoms with E-state index in [1.165, 1.54) is 30.3 Å². The first kappa shape index (κ1) is 15.7. The molecule has 24 heavy (non-hydrogen) atoms. The monoisotopic (exact) mass is 325 g/mol. The molecular formula is C18H15NO5. The van der Waals surface area contributed by atoms with E-state index in [2.05, 4.69) is 0 Å². The van der Waals surface area contributed by atoms with E-state index >= 15 is 0 Å². The summed E-state index contributed by atoms with van der Waals surface area (Å²) in [4.78, 5) is 23.1. The first-order chi connectivity index (χ1) is 11.4. The Labute approximate surface area is 138 Å². The molecule has 1 N–H and O–H groups in total. The van der Waals surface area contributed by atoms with Gasteiger partial charge in [0.15, 0.2) is 5.76 Å². The van der Waals surface area contributed by atoms with E-state index in [9.17, 15) is 20.0 Å². The Morgan fingerprint density at radius 3 is 2.62 bits per heavy atom. The molecule has 0 bridgehead atoms. The highest BCUT2D eigenvalue weighted by molar-refractivity contribution is 6.14. The molecule has 6 nitrogen and oxygen atoms in total. The second-order valence-corrected chi connectivity index (χ2v) is 5.85. The first-order valence-corrected chi connectivity index (χ1v) is 7.42. The van der Waals surface area contributed by atoms with E-state index in [0.717, 1.165) is 0 Å². The first-order valence-electron chi connectivity index (χ1n) is 7.42. The summed E-state index contributed by atoms with van der Waals surface area (Å²) in [5.74, 6) is 0.0470. The van der Waals surface area contributed by atoms with Crippen LogP contribution in [0.4, 0.5) is 5.69 Å². The van der Waals surface area contributed by atoms with E-state index in [-0.39, 0.29) is 34.6 Å². The quantitative estimate of drug-likeness (QED) is 0.522. The number of nitrogens with zero attached hydrogens (tertiary/aromatic N) is 1. The fourth-order valence-electron chi connectivity index (χ4n) is 2.62. The number of benzene rings is 2. The van der Waals surface area contributed by atoms with Gasteiger partial charge < -0.3 is 9.84 Å². The summed E-state index contributed by atoms with van der Waals surface area (Å²) in [5, 5.41) is 20.7. The van der Waals surface area contributed by atoms with E-state index in [0.29, 0.717) is 16.7 Å². The Balaban J connectivity index is 2.00. The minimum atomic E-state index is -0.429. The van der Waals surface area contributed by atoms with Gasteiger partial charge in [-0.05, 0) is 29.7 Å². The Kier molecular flexibility index (Phi) is 3.81. The maximum absolute atomic E-state index is 12.3. The zero-order chi connectivity index (χ0) is 17.4. The zero-order valence-corrected chi connectivity index (χ0v) is 13.1. The van der Waals surface area contributed by atoms with Crippen molar-refractivity contribution in [3.05, 3.63) is 69.0 Å². The lowest BCUT2D eigenvalue weighted by atomic mass is 9.99. The minimum absolute atomic E-state index is 0.000255. The van der Waals surface area contributed by atoms with Crippen LogP contribution in [0.25, 0.3) is 6.08 Å². The van der Waals surface area contributed by atoms with Crippen LogP contribution in [0.3, 0.4) is 0 Å². The summed E-state index contributed by atoms with van der Waals surface area (Å²) in [6.45, 7) is 3.76. The molecule has 0 unspecified atom stereocenters. The summed E-state index contributed by atoms with van der Waals surface area (Å²) in [6.07, 6.45) is 1.47. The zero-order valence-electron chi connectivity index (χ0n) is 13.1. The van der Waals surface area contributed by atoms with Crippen molar-refractivity contribution in [2.75, 3.05) is 0 Å². The fourth-order valence-corrected chi connectivity index (χ4v) is 2.62. The average Bonchev–Trinajstić information content (AvgIpc) is 2.82. The van der Waals surface area contributed by atoms with Gasteiger partial charge in [0, 0.05) is 17.7 Å². The standard InChI is InChI=1S/C18H15NO5/c1-10(2)13-5-3-11(7-15(13)19(22)23)8-17-18(21)14-6-4-12(20)9-16(14)24-17/h3-10,20H,1-2H3/b17-8-. The van der Waals surface area contributed by atoms with Crippen molar-refractivity contribution in [3.63, 3.8) is 0 Å². The van der Waals surface area contributed by atoms with Crippen molar-refractivity contribution in [3.8, 4) is 11.5 Å². The SMILES string of the molecule is CC(C)c1ccc(/C=C2\Oc3cc(O)ccc3C2=O)cc1[N+](=O)[O-]. The lowest BCUT2D eigenvalue weighted by Crippen LogP contribution is -2.00. The van der Waals surface area contributed by atoms with E-state index in [4.69, 9.17) is 4.74 Å². The number of carbonyl (C=O) groups excluding carboxylic acids is 1. The van der Waals surface area contributed by atoms with Crippen molar-refractivity contribution in [2.45, 2.75) is 19.8 Å². The molecule has 0 atom stereocenters. The molecule has 0 aliphatic carbocycles. The van der Waals surface area contributed by atoms with Gasteiger partial charge in [-0.25, -0.2) is 0 Å². The van der Waals surface area contributed by atoms with Gasteiger partial charge >= 0.3 is 0 Å². The van der Waals surface area contributed by atoms with Crippen LogP contribution in [0.5, 0.6) is 11.5 Å². The molecule has 122 valence electrons. The molecule has 2 aromatic rings. The van der Waals surface area contributed by atoms with Crippen LogP contribution in [0.2, 0.25) is 0 Å². The third-order valence-electron chi connectivity index (χ3n) is 3.82. The lowest BCUT2D eigenvalue weighted by Gasteiger charge is -2.07. The number of phenolic OH excluding ortho intramolecular Hbond substituents is 1. The number of nitro groups is 1. The van der Waals surface area contributed by atoms with Gasteiger partial charge in [0.05, 0.1) is 10.5 Å². The van der Waals surface area contributed by atoms with Crippen LogP contribution in [0.1, 0.15) is 41.3 Å². The van der Waals surface area contributed by atoms with Gasteiger partial charge in [-0.2, -0.15) is 0 Å². The number of hydrogen-bond acceptors (Lipinski definition) is 5. The van der Waals surface area contributed by atoms with Gasteiger partial charge in [0.1, 0.15) is 11.5 Å². The van der Waals surface area contributed by atoms with E-state index in [1.54, 1.807) is 12.1 Å². The van der Waals surface area contributed by atoms with Crippen LogP contribution in [0.15, 0.2) is 42.2 Å². The van der Waals surface area contributed by atoms with Crippen LogP contribution in [-0.2, 0) is 0 Å². The molecule has 0 fully saturated rings. The summed E-state index contributed by atoms with van der Waals surface area (Å²) < 4.78 is 5.46. The molecular weight excluding hydrogens is 310 g/mol. The largest absolute Gasteiger partial charge is 0.508 e. The smallest absolute Gasteiger partial charge is 0.273 e. The van der Waals surface area contributed by atoms with Crippen molar-refractivity contribution in [1.29, 1.82) is 0 Å². The number of nitro benzene ring substituents is 1. The molecule has 0 amide bonds. The van der Waals surface area contributed by atoms with Crippen molar-refractivity contribution in [1.82, 2.24) is 0 Å². The van der Waals surface area contributed by atoms with Gasteiger partial charge in [-0.1, -0.05) is 26.0 Å². The number of ether oxygens (including phenoxy) is 1. The number of allylic oxidation sites excluding steroid dienone is 1. The summed E-state index contributed by atoms with van der Waals surface area (Å²) in [5.41, 5.74) is 1.51. The van der Waals surface area contributed by atoms with Gasteiger partial charge in [0.2, 0.25) is 5.78 Å². The maximum atomic E-state index is 12.3. The van der Waals surface area contributed by atoms with Crippen LogP contribution in [-0.4, -0.2) is 15.8 Å². The highest BCUT2D eigenvalue weighted by Gasteiger charge is 2.28. The number of carbonyl (C=O) groups is 1. The number of aromatic hydroxyl groups is 1. The second kappa shape index (κ2) is 5.81. The third-order valence-corrected chi connectivity index (χ3v) is 3.82. The maximum Gasteiger partial charge on any atom is 0.273 e. The normalized spacial score (nSPS) is 14.8. The topological polar surface area (TPSA) is 89.7 Å². The lowest BCUT2D eigenvalue weighted by molar-refractivity contribution is -0.385. The predicted molar refractivity (Wildman–Crippen MR) is 88.2 cm³/mol. The summed E-state index contributed by atoms with van der Waals surface area (Å²) in [6, 6.07) is 9.08. The number of Topliss-reactive ketones (excluding diaryl/α,β-unsaturated/α-hetero) is 1. The second-order valence-electron chi connectivity index (χ2n) is 5.85. The molecule has 0 aromatic heterocycles. The molecule has 6 heteroatoms. The third kappa shape index (κ3) is 2.74. The van der Waals surface area contributed by atoms with E-state index < -0.39 is 4.92 Å². The number of hydrogen-bond donors (Lipinski definition) is 1. The Morgan fingerprint density at radius 2 is 1.96 bits per heavy atom. The average molecular weight is 325 g/mol. The van der Waals surface area contributed by atoms with Crippen LogP contribution >= 0.6 is 0 Å². The fraction of sp³-hybridized carbons (Fsp3) is 0.167. The molecule has 0 saturated carbocycles. The molecule has 0 spiro atoms. The molecule has 2 aromatic carbocycles. The molecule has 1 aliphatic rings.